The Morgan fingerprint density at radius 1 is 1.30 bits per heavy atom. The average molecular weight is 314 g/mol. The van der Waals surface area contributed by atoms with Crippen molar-refractivity contribution in [2.24, 2.45) is 17.3 Å². The molecule has 120 valence electrons. The van der Waals surface area contributed by atoms with Crippen LogP contribution in [0.2, 0.25) is 0 Å². The van der Waals surface area contributed by atoms with Crippen molar-refractivity contribution in [2.75, 3.05) is 5.32 Å². The molecule has 1 saturated carbocycles. The Hall–Kier alpha value is -2.70. The molecule has 1 aliphatic carbocycles. The number of aliphatic carboxylic acids is 1. The predicted octanol–water partition coefficient (Wildman–Crippen LogP) is 1.87. The number of rotatable bonds is 4. The summed E-state index contributed by atoms with van der Waals surface area (Å²) < 4.78 is 1.54. The largest absolute Gasteiger partial charge is 0.481 e. The van der Waals surface area contributed by atoms with Gasteiger partial charge in [0, 0.05) is 12.3 Å². The van der Waals surface area contributed by atoms with Gasteiger partial charge in [-0.25, -0.2) is 4.98 Å². The van der Waals surface area contributed by atoms with E-state index in [1.54, 1.807) is 42.9 Å². The third-order valence-electron chi connectivity index (χ3n) is 4.32. The number of amides is 1. The monoisotopic (exact) mass is 314 g/mol. The van der Waals surface area contributed by atoms with E-state index in [1.807, 2.05) is 13.0 Å². The zero-order valence-electron chi connectivity index (χ0n) is 13.1. The van der Waals surface area contributed by atoms with Gasteiger partial charge in [-0.2, -0.15) is 9.78 Å². The number of pyridine rings is 1. The number of anilines is 1. The highest BCUT2D eigenvalue weighted by atomic mass is 16.4. The Balaban J connectivity index is 1.85. The second-order valence-electron chi connectivity index (χ2n) is 6.37. The first kappa shape index (κ1) is 15.2. The minimum atomic E-state index is -0.940. The molecule has 0 aromatic carbocycles. The summed E-state index contributed by atoms with van der Waals surface area (Å²) in [6.07, 6.45) is 1.64. The van der Waals surface area contributed by atoms with Crippen LogP contribution in [0, 0.1) is 24.2 Å². The Bertz CT molecular complexity index is 767. The van der Waals surface area contributed by atoms with E-state index in [0.29, 0.717) is 11.6 Å². The van der Waals surface area contributed by atoms with Crippen LogP contribution in [0.5, 0.6) is 0 Å². The lowest BCUT2D eigenvalue weighted by atomic mass is 10.1. The molecule has 0 radical (unpaired) electrons. The summed E-state index contributed by atoms with van der Waals surface area (Å²) in [6, 6.07) is 7.14. The van der Waals surface area contributed by atoms with Gasteiger partial charge in [-0.1, -0.05) is 19.9 Å². The molecule has 1 amide bonds. The minimum Gasteiger partial charge on any atom is -0.481 e. The molecular formula is C16H18N4O3. The van der Waals surface area contributed by atoms with Crippen LogP contribution in [-0.2, 0) is 9.59 Å². The number of carbonyl (C=O) groups excluding carboxylic acids is 1. The first-order valence-electron chi connectivity index (χ1n) is 7.34. The van der Waals surface area contributed by atoms with Crippen LogP contribution in [-0.4, -0.2) is 31.7 Å². The van der Waals surface area contributed by atoms with Crippen LogP contribution in [0.1, 0.15) is 19.5 Å². The molecule has 0 aliphatic heterocycles. The summed E-state index contributed by atoms with van der Waals surface area (Å²) in [4.78, 5) is 27.9. The molecule has 1 fully saturated rings. The molecule has 2 aromatic rings. The Kier molecular flexibility index (Phi) is 3.43. The topological polar surface area (TPSA) is 97.1 Å². The zero-order chi connectivity index (χ0) is 16.8. The zero-order valence-corrected chi connectivity index (χ0v) is 13.1. The minimum absolute atomic E-state index is 0.306. The number of hydrogen-bond donors (Lipinski definition) is 2. The maximum atomic E-state index is 12.5. The molecular weight excluding hydrogens is 296 g/mol. The normalized spacial score (nSPS) is 21.7. The summed E-state index contributed by atoms with van der Waals surface area (Å²) in [5, 5.41) is 16.3. The quantitative estimate of drug-likeness (QED) is 0.898. The van der Waals surface area contributed by atoms with E-state index in [-0.39, 0.29) is 5.91 Å². The van der Waals surface area contributed by atoms with E-state index in [4.69, 9.17) is 0 Å². The van der Waals surface area contributed by atoms with Crippen molar-refractivity contribution < 1.29 is 14.7 Å². The third kappa shape index (κ3) is 2.58. The molecule has 7 heteroatoms. The van der Waals surface area contributed by atoms with Crippen LogP contribution >= 0.6 is 0 Å². The first-order chi connectivity index (χ1) is 10.8. The van der Waals surface area contributed by atoms with Gasteiger partial charge in [-0.05, 0) is 24.5 Å². The van der Waals surface area contributed by atoms with Crippen molar-refractivity contribution in [2.45, 2.75) is 20.8 Å². The lowest BCUT2D eigenvalue weighted by molar-refractivity contribution is -0.140. The van der Waals surface area contributed by atoms with E-state index >= 15 is 0 Å². The molecule has 1 aliphatic rings. The fraction of sp³-hybridized carbons (Fsp3) is 0.375. The Morgan fingerprint density at radius 3 is 2.61 bits per heavy atom. The highest BCUT2D eigenvalue weighted by Gasteiger charge is 2.66. The van der Waals surface area contributed by atoms with Gasteiger partial charge < -0.3 is 10.4 Å². The van der Waals surface area contributed by atoms with Crippen molar-refractivity contribution in [3.05, 3.63) is 36.2 Å². The van der Waals surface area contributed by atoms with Crippen molar-refractivity contribution >= 4 is 17.7 Å². The molecule has 2 heterocycles. The number of nitrogens with zero attached hydrogens (tertiary/aromatic N) is 3. The Labute approximate surface area is 133 Å². The number of aromatic nitrogens is 3. The second kappa shape index (κ2) is 5.19. The molecule has 0 saturated heterocycles. The average Bonchev–Trinajstić information content (AvgIpc) is 2.89. The number of hydrogen-bond acceptors (Lipinski definition) is 4. The van der Waals surface area contributed by atoms with Gasteiger partial charge in [0.25, 0.3) is 0 Å². The first-order valence-corrected chi connectivity index (χ1v) is 7.34. The maximum absolute atomic E-state index is 12.5. The molecule has 2 N–H and O–H groups in total. The fourth-order valence-corrected chi connectivity index (χ4v) is 3.03. The molecule has 2 aromatic heterocycles. The van der Waals surface area contributed by atoms with Crippen molar-refractivity contribution in [3.8, 4) is 5.82 Å². The van der Waals surface area contributed by atoms with E-state index < -0.39 is 23.2 Å². The number of carbonyl (C=O) groups is 2. The molecule has 23 heavy (non-hydrogen) atoms. The standard InChI is InChI=1S/C16H18N4O3/c1-9-8-11(20(19-9)10-6-4-5-7-17-10)18-14(21)12-13(15(22)23)16(12,2)3/h4-8,12-13H,1-3H3,(H,18,21)(H,22,23)/t12-,13-/m1/s1. The van der Waals surface area contributed by atoms with Gasteiger partial charge >= 0.3 is 5.97 Å². The van der Waals surface area contributed by atoms with Crippen LogP contribution in [0.25, 0.3) is 5.82 Å². The van der Waals surface area contributed by atoms with Gasteiger partial charge in [-0.15, -0.1) is 0 Å². The summed E-state index contributed by atoms with van der Waals surface area (Å²) in [7, 11) is 0. The summed E-state index contributed by atoms with van der Waals surface area (Å²) in [5.74, 6) is -1.38. The highest BCUT2D eigenvalue weighted by molar-refractivity contribution is 5.99. The van der Waals surface area contributed by atoms with Crippen molar-refractivity contribution in [3.63, 3.8) is 0 Å². The van der Waals surface area contributed by atoms with E-state index in [2.05, 4.69) is 15.4 Å². The number of nitrogens with one attached hydrogen (secondary N) is 1. The number of carboxylic acid groups (broad SMARTS) is 1. The van der Waals surface area contributed by atoms with Gasteiger partial charge in [-0.3, -0.25) is 9.59 Å². The van der Waals surface area contributed by atoms with Gasteiger partial charge in [0.15, 0.2) is 5.82 Å². The van der Waals surface area contributed by atoms with E-state index in [1.165, 1.54) is 0 Å². The SMILES string of the molecule is Cc1cc(NC(=O)[C@H]2[C@H](C(=O)O)C2(C)C)n(-c2ccccn2)n1. The predicted molar refractivity (Wildman–Crippen MR) is 83.1 cm³/mol. The second-order valence-corrected chi connectivity index (χ2v) is 6.37. The number of aryl methyl sites for hydroxylation is 1. The van der Waals surface area contributed by atoms with Crippen LogP contribution < -0.4 is 5.32 Å². The van der Waals surface area contributed by atoms with Crippen LogP contribution in [0.4, 0.5) is 5.82 Å². The van der Waals surface area contributed by atoms with Crippen LogP contribution in [0.15, 0.2) is 30.5 Å². The molecule has 3 rings (SSSR count). The van der Waals surface area contributed by atoms with Crippen molar-refractivity contribution in [1.82, 2.24) is 14.8 Å². The van der Waals surface area contributed by atoms with E-state index in [0.717, 1.165) is 5.69 Å². The summed E-state index contributed by atoms with van der Waals surface area (Å²) in [5.41, 5.74) is 0.191. The summed E-state index contributed by atoms with van der Waals surface area (Å²) in [6.45, 7) is 5.39. The van der Waals surface area contributed by atoms with Gasteiger partial charge in [0.1, 0.15) is 5.82 Å². The maximum Gasteiger partial charge on any atom is 0.307 e. The number of carboxylic acids is 1. The molecule has 7 nitrogen and oxygen atoms in total. The molecule has 0 bridgehead atoms. The summed E-state index contributed by atoms with van der Waals surface area (Å²) >= 11 is 0. The lowest BCUT2D eigenvalue weighted by Gasteiger charge is -2.08. The van der Waals surface area contributed by atoms with Crippen LogP contribution in [0.3, 0.4) is 0 Å². The third-order valence-corrected chi connectivity index (χ3v) is 4.32. The van der Waals surface area contributed by atoms with Crippen molar-refractivity contribution in [1.29, 1.82) is 0 Å². The lowest BCUT2D eigenvalue weighted by Crippen LogP contribution is -2.20. The van der Waals surface area contributed by atoms with Gasteiger partial charge in [0.05, 0.1) is 17.5 Å². The Morgan fingerprint density at radius 2 is 2.04 bits per heavy atom. The highest BCUT2D eigenvalue weighted by Crippen LogP contribution is 2.58. The molecule has 2 atom stereocenters. The molecule has 0 unspecified atom stereocenters. The van der Waals surface area contributed by atoms with Gasteiger partial charge in [0.2, 0.25) is 5.91 Å². The van der Waals surface area contributed by atoms with E-state index in [9.17, 15) is 14.7 Å². The molecule has 0 spiro atoms. The fourth-order valence-electron chi connectivity index (χ4n) is 3.03. The smallest absolute Gasteiger partial charge is 0.307 e.